The van der Waals surface area contributed by atoms with E-state index in [1.807, 2.05) is 26.0 Å². The first-order valence-corrected chi connectivity index (χ1v) is 10.3. The van der Waals surface area contributed by atoms with Crippen molar-refractivity contribution in [2.75, 3.05) is 26.2 Å². The van der Waals surface area contributed by atoms with E-state index in [1.165, 1.54) is 10.9 Å². The standard InChI is InChI=1S/C22H25N5O4/c1-14-5-4-6-17-21(14)23-13-27(22(17)30)12-20(29)26-9-7-25(8-10-26)19(28)11-18-15(2)24-31-16(18)3/h4-6,13H,7-12H2,1-3H3. The van der Waals surface area contributed by atoms with E-state index < -0.39 is 0 Å². The van der Waals surface area contributed by atoms with E-state index in [0.29, 0.717) is 42.8 Å². The largest absolute Gasteiger partial charge is 0.361 e. The lowest BCUT2D eigenvalue weighted by Crippen LogP contribution is -2.52. The lowest BCUT2D eigenvalue weighted by molar-refractivity contribution is -0.139. The number of rotatable bonds is 4. The van der Waals surface area contributed by atoms with Gasteiger partial charge in [-0.05, 0) is 32.4 Å². The molecule has 0 bridgehead atoms. The van der Waals surface area contributed by atoms with Crippen LogP contribution in [0.4, 0.5) is 0 Å². The van der Waals surface area contributed by atoms with Crippen LogP contribution in [0.15, 0.2) is 33.8 Å². The highest BCUT2D eigenvalue weighted by molar-refractivity contribution is 5.82. The molecule has 0 atom stereocenters. The summed E-state index contributed by atoms with van der Waals surface area (Å²) in [5.74, 6) is 0.491. The summed E-state index contributed by atoms with van der Waals surface area (Å²) in [6, 6.07) is 5.43. The van der Waals surface area contributed by atoms with Gasteiger partial charge in [-0.1, -0.05) is 17.3 Å². The molecule has 9 heteroatoms. The zero-order chi connectivity index (χ0) is 22.1. The summed E-state index contributed by atoms with van der Waals surface area (Å²) in [5.41, 5.74) is 2.90. The van der Waals surface area contributed by atoms with E-state index in [1.54, 1.807) is 22.8 Å². The van der Waals surface area contributed by atoms with Crippen LogP contribution in [0.5, 0.6) is 0 Å². The van der Waals surface area contributed by atoms with Crippen LogP contribution >= 0.6 is 0 Å². The Morgan fingerprint density at radius 2 is 1.71 bits per heavy atom. The molecule has 31 heavy (non-hydrogen) atoms. The molecule has 3 aromatic rings. The van der Waals surface area contributed by atoms with Crippen molar-refractivity contribution in [3.05, 3.63) is 57.5 Å². The summed E-state index contributed by atoms with van der Waals surface area (Å²) in [6.45, 7) is 7.22. The molecule has 0 saturated carbocycles. The molecule has 4 rings (SSSR count). The number of carbonyl (C=O) groups excluding carboxylic acids is 2. The van der Waals surface area contributed by atoms with E-state index in [-0.39, 0.29) is 30.3 Å². The second kappa shape index (κ2) is 8.33. The SMILES string of the molecule is Cc1noc(C)c1CC(=O)N1CCN(C(=O)Cn2cnc3c(C)cccc3c2=O)CC1. The van der Waals surface area contributed by atoms with Gasteiger partial charge in [-0.2, -0.15) is 0 Å². The Morgan fingerprint density at radius 3 is 2.35 bits per heavy atom. The van der Waals surface area contributed by atoms with Gasteiger partial charge in [0.15, 0.2) is 0 Å². The summed E-state index contributed by atoms with van der Waals surface area (Å²) in [7, 11) is 0. The smallest absolute Gasteiger partial charge is 0.261 e. The van der Waals surface area contributed by atoms with Crippen LogP contribution in [-0.4, -0.2) is 62.5 Å². The first-order valence-electron chi connectivity index (χ1n) is 10.3. The van der Waals surface area contributed by atoms with Gasteiger partial charge in [-0.3, -0.25) is 19.0 Å². The van der Waals surface area contributed by atoms with Gasteiger partial charge in [0.1, 0.15) is 12.3 Å². The van der Waals surface area contributed by atoms with Gasteiger partial charge >= 0.3 is 0 Å². The minimum absolute atomic E-state index is 0.00758. The Bertz CT molecular complexity index is 1180. The Balaban J connectivity index is 1.38. The topological polar surface area (TPSA) is 102 Å². The summed E-state index contributed by atoms with van der Waals surface area (Å²) >= 11 is 0. The Morgan fingerprint density at radius 1 is 1.03 bits per heavy atom. The number of hydrogen-bond donors (Lipinski definition) is 0. The molecule has 1 fully saturated rings. The Kier molecular flexibility index (Phi) is 5.58. The van der Waals surface area contributed by atoms with Crippen molar-refractivity contribution in [2.24, 2.45) is 0 Å². The highest BCUT2D eigenvalue weighted by atomic mass is 16.5. The fraction of sp³-hybridized carbons (Fsp3) is 0.409. The van der Waals surface area contributed by atoms with Crippen LogP contribution in [0.3, 0.4) is 0 Å². The molecular weight excluding hydrogens is 398 g/mol. The van der Waals surface area contributed by atoms with E-state index >= 15 is 0 Å². The van der Waals surface area contributed by atoms with Crippen LogP contribution in [0, 0.1) is 20.8 Å². The summed E-state index contributed by atoms with van der Waals surface area (Å²) in [6.07, 6.45) is 1.67. The van der Waals surface area contributed by atoms with Crippen molar-refractivity contribution in [1.29, 1.82) is 0 Å². The Hall–Kier alpha value is -3.49. The van der Waals surface area contributed by atoms with Crippen LogP contribution in [-0.2, 0) is 22.6 Å². The maximum Gasteiger partial charge on any atom is 0.261 e. The first-order chi connectivity index (χ1) is 14.8. The third-order valence-electron chi connectivity index (χ3n) is 5.86. The lowest BCUT2D eigenvalue weighted by atomic mass is 10.1. The van der Waals surface area contributed by atoms with Crippen molar-refractivity contribution in [2.45, 2.75) is 33.7 Å². The van der Waals surface area contributed by atoms with Crippen LogP contribution in [0.1, 0.15) is 22.6 Å². The number of carbonyl (C=O) groups is 2. The zero-order valence-corrected chi connectivity index (χ0v) is 17.9. The molecule has 0 spiro atoms. The lowest BCUT2D eigenvalue weighted by Gasteiger charge is -2.35. The van der Waals surface area contributed by atoms with Crippen LogP contribution < -0.4 is 5.56 Å². The number of hydrogen-bond acceptors (Lipinski definition) is 6. The number of aryl methyl sites for hydroxylation is 3. The van der Waals surface area contributed by atoms with Gasteiger partial charge in [0.2, 0.25) is 11.8 Å². The van der Waals surface area contributed by atoms with Gasteiger partial charge < -0.3 is 14.3 Å². The van der Waals surface area contributed by atoms with E-state index in [0.717, 1.165) is 16.8 Å². The molecule has 0 radical (unpaired) electrons. The molecule has 1 aromatic carbocycles. The van der Waals surface area contributed by atoms with Crippen LogP contribution in [0.2, 0.25) is 0 Å². The molecule has 0 aliphatic carbocycles. The molecule has 1 saturated heterocycles. The maximum atomic E-state index is 12.8. The van der Waals surface area contributed by atoms with Gasteiger partial charge in [0.25, 0.3) is 5.56 Å². The van der Waals surface area contributed by atoms with Gasteiger partial charge in [0.05, 0.1) is 29.3 Å². The fourth-order valence-electron chi connectivity index (χ4n) is 3.92. The summed E-state index contributed by atoms with van der Waals surface area (Å²) in [4.78, 5) is 45.9. The quantitative estimate of drug-likeness (QED) is 0.625. The molecule has 9 nitrogen and oxygen atoms in total. The second-order valence-corrected chi connectivity index (χ2v) is 7.89. The van der Waals surface area contributed by atoms with E-state index in [4.69, 9.17) is 4.52 Å². The van der Waals surface area contributed by atoms with Crippen LogP contribution in [0.25, 0.3) is 10.9 Å². The monoisotopic (exact) mass is 423 g/mol. The number of nitrogens with zero attached hydrogens (tertiary/aromatic N) is 5. The van der Waals surface area contributed by atoms with Crippen molar-refractivity contribution in [3.63, 3.8) is 0 Å². The second-order valence-electron chi connectivity index (χ2n) is 7.89. The Labute approximate surface area is 179 Å². The molecule has 2 amide bonds. The average Bonchev–Trinajstić information content (AvgIpc) is 3.08. The minimum Gasteiger partial charge on any atom is -0.361 e. The number of fused-ring (bicyclic) bond motifs is 1. The van der Waals surface area contributed by atoms with Crippen molar-refractivity contribution < 1.29 is 14.1 Å². The average molecular weight is 423 g/mol. The number of benzene rings is 1. The van der Waals surface area contributed by atoms with Gasteiger partial charge in [0, 0.05) is 31.7 Å². The predicted octanol–water partition coefficient (Wildman–Crippen LogP) is 1.22. The number of amides is 2. The van der Waals surface area contributed by atoms with Crippen molar-refractivity contribution in [1.82, 2.24) is 24.5 Å². The maximum absolute atomic E-state index is 12.8. The van der Waals surface area contributed by atoms with Gasteiger partial charge in [-0.25, -0.2) is 4.98 Å². The van der Waals surface area contributed by atoms with E-state index in [9.17, 15) is 14.4 Å². The molecule has 0 N–H and O–H groups in total. The molecule has 0 unspecified atom stereocenters. The fourth-order valence-corrected chi connectivity index (χ4v) is 3.92. The zero-order valence-electron chi connectivity index (χ0n) is 17.9. The molecule has 162 valence electrons. The highest BCUT2D eigenvalue weighted by Crippen LogP contribution is 2.15. The van der Waals surface area contributed by atoms with Crippen molar-refractivity contribution in [3.8, 4) is 0 Å². The number of para-hydroxylation sites is 1. The molecule has 1 aliphatic heterocycles. The van der Waals surface area contributed by atoms with Gasteiger partial charge in [-0.15, -0.1) is 0 Å². The molecule has 3 heterocycles. The molecule has 1 aliphatic rings. The van der Waals surface area contributed by atoms with Crippen molar-refractivity contribution >= 4 is 22.7 Å². The number of piperazine rings is 1. The molecular formula is C22H25N5O4. The normalized spacial score (nSPS) is 14.3. The minimum atomic E-state index is -0.227. The highest BCUT2D eigenvalue weighted by Gasteiger charge is 2.26. The van der Waals surface area contributed by atoms with E-state index in [2.05, 4.69) is 10.1 Å². The molecule has 2 aromatic heterocycles. The summed E-state index contributed by atoms with van der Waals surface area (Å²) in [5, 5.41) is 4.39. The predicted molar refractivity (Wildman–Crippen MR) is 114 cm³/mol. The third-order valence-corrected chi connectivity index (χ3v) is 5.86. The summed E-state index contributed by atoms with van der Waals surface area (Å²) < 4.78 is 6.47. The first kappa shape index (κ1) is 20.8. The number of aromatic nitrogens is 3. The third kappa shape index (κ3) is 4.08.